The monoisotopic (exact) mass is 465 g/mol. The van der Waals surface area contributed by atoms with Crippen molar-refractivity contribution in [3.05, 3.63) is 80.6 Å². The SMILES string of the molecule is COCc1cc(C)nc2sc(C(=O)N/N=C\c3cc([N+](=O)[O-])ccc3O)c(-n3cccc3)c12. The molecule has 3 aromatic heterocycles. The Labute approximate surface area is 191 Å². The summed E-state index contributed by atoms with van der Waals surface area (Å²) in [6, 6.07) is 9.18. The van der Waals surface area contributed by atoms with E-state index in [1.54, 1.807) is 7.11 Å². The molecule has 33 heavy (non-hydrogen) atoms. The van der Waals surface area contributed by atoms with Gasteiger partial charge in [-0.3, -0.25) is 14.9 Å². The lowest BCUT2D eigenvalue weighted by molar-refractivity contribution is -0.384. The molecular formula is C22H19N5O5S. The van der Waals surface area contributed by atoms with Gasteiger partial charge in [0.25, 0.3) is 11.6 Å². The summed E-state index contributed by atoms with van der Waals surface area (Å²) in [7, 11) is 1.61. The number of carbonyl (C=O) groups is 1. The largest absolute Gasteiger partial charge is 0.507 e. The highest BCUT2D eigenvalue weighted by Gasteiger charge is 2.23. The number of nitrogens with one attached hydrogen (secondary N) is 1. The number of nitrogens with zero attached hydrogens (tertiary/aromatic N) is 4. The summed E-state index contributed by atoms with van der Waals surface area (Å²) >= 11 is 1.23. The second-order valence-corrected chi connectivity index (χ2v) is 8.10. The van der Waals surface area contributed by atoms with Crippen molar-refractivity contribution in [3.8, 4) is 11.4 Å². The Morgan fingerprint density at radius 1 is 1.36 bits per heavy atom. The highest BCUT2D eigenvalue weighted by Crippen LogP contribution is 2.36. The van der Waals surface area contributed by atoms with Crippen LogP contribution in [-0.4, -0.2) is 38.8 Å². The normalized spacial score (nSPS) is 11.3. The molecule has 1 amide bonds. The lowest BCUT2D eigenvalue weighted by atomic mass is 10.1. The molecule has 0 aliphatic heterocycles. The number of aromatic hydroxyl groups is 1. The van der Waals surface area contributed by atoms with Gasteiger partial charge in [-0.2, -0.15) is 5.10 Å². The highest BCUT2D eigenvalue weighted by molar-refractivity contribution is 7.21. The van der Waals surface area contributed by atoms with Crippen LogP contribution in [0.1, 0.15) is 26.5 Å². The number of methoxy groups -OCH3 is 1. The van der Waals surface area contributed by atoms with Crippen LogP contribution in [-0.2, 0) is 11.3 Å². The fourth-order valence-electron chi connectivity index (χ4n) is 3.42. The number of carbonyl (C=O) groups excluding carboxylic acids is 1. The zero-order valence-electron chi connectivity index (χ0n) is 17.7. The van der Waals surface area contributed by atoms with E-state index < -0.39 is 10.8 Å². The summed E-state index contributed by atoms with van der Waals surface area (Å²) < 4.78 is 7.19. The van der Waals surface area contributed by atoms with E-state index in [-0.39, 0.29) is 17.0 Å². The molecule has 168 valence electrons. The number of thiophene rings is 1. The summed E-state index contributed by atoms with van der Waals surface area (Å²) in [5.74, 6) is -0.679. The standard InChI is InChI=1S/C22H19N5O5S/c1-13-9-15(12-32-2)18-19(26-7-3-4-8-26)20(33-22(18)24-13)21(29)25-23-11-14-10-16(27(30)31)5-6-17(14)28/h3-11,28H,12H2,1-2H3,(H,25,29)/b23-11-. The van der Waals surface area contributed by atoms with Crippen molar-refractivity contribution in [1.82, 2.24) is 15.0 Å². The molecule has 0 unspecified atom stereocenters. The van der Waals surface area contributed by atoms with Crippen molar-refractivity contribution >= 4 is 39.4 Å². The minimum absolute atomic E-state index is 0.103. The van der Waals surface area contributed by atoms with Gasteiger partial charge in [-0.1, -0.05) is 0 Å². The summed E-state index contributed by atoms with van der Waals surface area (Å²) in [5.41, 5.74) is 4.71. The third kappa shape index (κ3) is 4.45. The number of amides is 1. The summed E-state index contributed by atoms with van der Waals surface area (Å²) in [4.78, 5) is 29.1. The Kier molecular flexibility index (Phi) is 6.16. The molecule has 0 saturated heterocycles. The van der Waals surface area contributed by atoms with Crippen molar-refractivity contribution in [2.45, 2.75) is 13.5 Å². The fraction of sp³-hybridized carbons (Fsp3) is 0.136. The van der Waals surface area contributed by atoms with E-state index in [1.165, 1.54) is 29.5 Å². The number of non-ortho nitro benzene ring substituents is 1. The van der Waals surface area contributed by atoms with Crippen molar-refractivity contribution in [1.29, 1.82) is 0 Å². The number of hydrogen-bond donors (Lipinski definition) is 2. The molecule has 4 aromatic rings. The number of fused-ring (bicyclic) bond motifs is 1. The number of nitro benzene ring substituents is 1. The number of pyridine rings is 1. The first-order valence-electron chi connectivity index (χ1n) is 9.75. The number of hydrazone groups is 1. The minimum atomic E-state index is -0.581. The molecule has 11 heteroatoms. The van der Waals surface area contributed by atoms with Gasteiger partial charge in [0, 0.05) is 48.3 Å². The average Bonchev–Trinajstić information content (AvgIpc) is 3.42. The van der Waals surface area contributed by atoms with E-state index in [0.717, 1.165) is 22.9 Å². The van der Waals surface area contributed by atoms with Gasteiger partial charge >= 0.3 is 0 Å². The van der Waals surface area contributed by atoms with Gasteiger partial charge < -0.3 is 14.4 Å². The van der Waals surface area contributed by atoms with Crippen molar-refractivity contribution < 1.29 is 19.6 Å². The zero-order valence-corrected chi connectivity index (χ0v) is 18.5. The molecule has 0 aliphatic carbocycles. The van der Waals surface area contributed by atoms with Crippen LogP contribution in [0.4, 0.5) is 5.69 Å². The fourth-order valence-corrected chi connectivity index (χ4v) is 4.57. The van der Waals surface area contributed by atoms with E-state index in [9.17, 15) is 20.0 Å². The number of phenols is 1. The summed E-state index contributed by atoms with van der Waals surface area (Å²) in [6.07, 6.45) is 4.82. The highest BCUT2D eigenvalue weighted by atomic mass is 32.1. The molecule has 0 bridgehead atoms. The Hall–Kier alpha value is -4.09. The number of aromatic nitrogens is 2. The first-order chi connectivity index (χ1) is 15.9. The predicted molar refractivity (Wildman–Crippen MR) is 124 cm³/mol. The van der Waals surface area contributed by atoms with Crippen LogP contribution < -0.4 is 5.43 Å². The molecule has 0 radical (unpaired) electrons. The molecule has 2 N–H and O–H groups in total. The molecule has 4 rings (SSSR count). The quantitative estimate of drug-likeness (QED) is 0.242. The molecule has 10 nitrogen and oxygen atoms in total. The Balaban J connectivity index is 1.72. The molecule has 0 spiro atoms. The van der Waals surface area contributed by atoms with Crippen LogP contribution in [0.5, 0.6) is 5.75 Å². The van der Waals surface area contributed by atoms with Crippen LogP contribution >= 0.6 is 11.3 Å². The van der Waals surface area contributed by atoms with Gasteiger partial charge in [0.05, 0.1) is 23.4 Å². The first-order valence-corrected chi connectivity index (χ1v) is 10.6. The maximum absolute atomic E-state index is 13.1. The van der Waals surface area contributed by atoms with Gasteiger partial charge in [0.15, 0.2) is 0 Å². The number of benzene rings is 1. The third-order valence-corrected chi connectivity index (χ3v) is 5.88. The smallest absolute Gasteiger partial charge is 0.283 e. The first kappa shape index (κ1) is 22.1. The molecular weight excluding hydrogens is 446 g/mol. The van der Waals surface area contributed by atoms with Crippen LogP contribution in [0.3, 0.4) is 0 Å². The topological polar surface area (TPSA) is 132 Å². The maximum atomic E-state index is 13.1. The number of ether oxygens (including phenoxy) is 1. The lowest BCUT2D eigenvalue weighted by Gasteiger charge is -2.09. The van der Waals surface area contributed by atoms with Crippen molar-refractivity contribution in [3.63, 3.8) is 0 Å². The number of rotatable bonds is 7. The average molecular weight is 465 g/mol. The molecule has 3 heterocycles. The van der Waals surface area contributed by atoms with Crippen LogP contribution in [0.15, 0.2) is 53.9 Å². The van der Waals surface area contributed by atoms with Crippen LogP contribution in [0, 0.1) is 17.0 Å². The maximum Gasteiger partial charge on any atom is 0.283 e. The van der Waals surface area contributed by atoms with Crippen molar-refractivity contribution in [2.24, 2.45) is 5.10 Å². The van der Waals surface area contributed by atoms with E-state index in [0.29, 0.717) is 22.0 Å². The van der Waals surface area contributed by atoms with Gasteiger partial charge in [-0.25, -0.2) is 10.4 Å². The third-order valence-electron chi connectivity index (χ3n) is 4.81. The number of phenolic OH excluding ortho intramolecular Hbond substituents is 1. The number of aryl methyl sites for hydroxylation is 1. The molecule has 0 fully saturated rings. The molecule has 0 saturated carbocycles. The lowest BCUT2D eigenvalue weighted by Crippen LogP contribution is -2.18. The van der Waals surface area contributed by atoms with Gasteiger partial charge in [-0.15, -0.1) is 11.3 Å². The Morgan fingerprint density at radius 2 is 2.12 bits per heavy atom. The van der Waals surface area contributed by atoms with Crippen molar-refractivity contribution in [2.75, 3.05) is 7.11 Å². The van der Waals surface area contributed by atoms with E-state index >= 15 is 0 Å². The van der Waals surface area contributed by atoms with Crippen LogP contribution in [0.2, 0.25) is 0 Å². The van der Waals surface area contributed by atoms with Crippen LogP contribution in [0.25, 0.3) is 15.9 Å². The van der Waals surface area contributed by atoms with E-state index in [2.05, 4.69) is 15.5 Å². The van der Waals surface area contributed by atoms with Gasteiger partial charge in [0.2, 0.25) is 0 Å². The minimum Gasteiger partial charge on any atom is -0.507 e. The number of hydrogen-bond acceptors (Lipinski definition) is 8. The predicted octanol–water partition coefficient (Wildman–Crippen LogP) is 3.92. The van der Waals surface area contributed by atoms with Gasteiger partial charge in [0.1, 0.15) is 15.5 Å². The zero-order chi connectivity index (χ0) is 23.5. The second-order valence-electron chi connectivity index (χ2n) is 7.11. The van der Waals surface area contributed by atoms with E-state index in [4.69, 9.17) is 4.74 Å². The molecule has 0 aliphatic rings. The Morgan fingerprint density at radius 3 is 2.82 bits per heavy atom. The molecule has 1 aromatic carbocycles. The van der Waals surface area contributed by atoms with Gasteiger partial charge in [-0.05, 0) is 36.8 Å². The Bertz CT molecular complexity index is 1380. The summed E-state index contributed by atoms with van der Waals surface area (Å²) in [6.45, 7) is 2.24. The van der Waals surface area contributed by atoms with E-state index in [1.807, 2.05) is 42.1 Å². The number of nitro groups is 1. The second kappa shape index (κ2) is 9.18. The molecule has 0 atom stereocenters. The summed E-state index contributed by atoms with van der Waals surface area (Å²) in [5, 5.41) is 25.6.